The van der Waals surface area contributed by atoms with Gasteiger partial charge in [-0.2, -0.15) is 0 Å². The van der Waals surface area contributed by atoms with Crippen LogP contribution in [0.1, 0.15) is 13.3 Å². The Morgan fingerprint density at radius 2 is 2.33 bits per heavy atom. The summed E-state index contributed by atoms with van der Waals surface area (Å²) in [5.41, 5.74) is 4.48. The van der Waals surface area contributed by atoms with Crippen molar-refractivity contribution < 1.29 is 18.8 Å². The molecular formula is C3H8NO4P. The average molecular weight is 153 g/mol. The minimum Gasteiger partial charge on any atom is -0.380 e. The van der Waals surface area contributed by atoms with Crippen molar-refractivity contribution in [3.8, 4) is 0 Å². The third kappa shape index (κ3) is 5.49. The largest absolute Gasteiger partial charge is 0.455 e. The van der Waals surface area contributed by atoms with E-state index in [4.69, 9.17) is 4.89 Å². The molecule has 5 nitrogen and oxygen atoms in total. The average Bonchev–Trinajstić information content (AvgIpc) is 1.62. The Kier molecular flexibility index (Phi) is 2.84. The number of carbonyl (C=O) groups excluding carboxylic acids is 1. The molecule has 6 heteroatoms. The Bertz CT molecular complexity index is 150. The molecule has 0 bridgehead atoms. The van der Waals surface area contributed by atoms with Crippen molar-refractivity contribution in [2.45, 2.75) is 13.3 Å². The van der Waals surface area contributed by atoms with Crippen LogP contribution in [-0.4, -0.2) is 10.9 Å². The number of rotatable bonds is 2. The van der Waals surface area contributed by atoms with Crippen molar-refractivity contribution in [1.29, 1.82) is 0 Å². The van der Waals surface area contributed by atoms with Gasteiger partial charge in [0.25, 0.3) is 0 Å². The molecule has 1 unspecified atom stereocenters. The van der Waals surface area contributed by atoms with Crippen molar-refractivity contribution in [2.75, 3.05) is 0 Å². The zero-order chi connectivity index (χ0) is 7.49. The van der Waals surface area contributed by atoms with Gasteiger partial charge in [0.15, 0.2) is 0 Å². The molecule has 0 spiro atoms. The lowest BCUT2D eigenvalue weighted by Crippen LogP contribution is -2.05. The van der Waals surface area contributed by atoms with Gasteiger partial charge < -0.3 is 9.42 Å². The van der Waals surface area contributed by atoms with Crippen LogP contribution in [0.25, 0.3) is 0 Å². The van der Waals surface area contributed by atoms with Crippen LogP contribution in [0.2, 0.25) is 0 Å². The monoisotopic (exact) mass is 153 g/mol. The van der Waals surface area contributed by atoms with Gasteiger partial charge in [0, 0.05) is 6.42 Å². The number of hydrogen-bond acceptors (Lipinski definition) is 3. The Morgan fingerprint density at radius 1 is 1.89 bits per heavy atom. The highest BCUT2D eigenvalue weighted by Gasteiger charge is 2.15. The van der Waals surface area contributed by atoms with Crippen LogP contribution in [0.3, 0.4) is 0 Å². The highest BCUT2D eigenvalue weighted by molar-refractivity contribution is 7.50. The maximum Gasteiger partial charge on any atom is 0.455 e. The lowest BCUT2D eigenvalue weighted by atomic mass is 10.5. The predicted molar refractivity (Wildman–Crippen MR) is 30.4 cm³/mol. The van der Waals surface area contributed by atoms with E-state index in [1.165, 1.54) is 6.92 Å². The Hall–Kier alpha value is -0.380. The zero-order valence-electron chi connectivity index (χ0n) is 4.90. The third-order valence-electron chi connectivity index (χ3n) is 0.521. The van der Waals surface area contributed by atoms with Crippen molar-refractivity contribution in [3.63, 3.8) is 0 Å². The first kappa shape index (κ1) is 8.62. The standard InChI is InChI=1S/C3H8NO4P/c1-2-3(5)8-9(4,6)7/h2H2,1H3,(H3,4,6,7). The second kappa shape index (κ2) is 2.96. The van der Waals surface area contributed by atoms with Gasteiger partial charge in [-0.25, -0.2) is 10.1 Å². The normalized spacial score (nSPS) is 16.3. The zero-order valence-corrected chi connectivity index (χ0v) is 5.80. The molecule has 54 valence electrons. The molecule has 0 amide bonds. The van der Waals surface area contributed by atoms with Crippen LogP contribution in [0.5, 0.6) is 0 Å². The van der Waals surface area contributed by atoms with Gasteiger partial charge in [-0.3, -0.25) is 4.79 Å². The minimum atomic E-state index is -4.09. The van der Waals surface area contributed by atoms with Crippen molar-refractivity contribution in [1.82, 2.24) is 0 Å². The summed E-state index contributed by atoms with van der Waals surface area (Å²) in [6.45, 7) is 1.50. The lowest BCUT2D eigenvalue weighted by molar-refractivity contribution is -0.134. The molecule has 1 atom stereocenters. The molecule has 3 N–H and O–H groups in total. The molecule has 9 heavy (non-hydrogen) atoms. The third-order valence-corrected chi connectivity index (χ3v) is 0.987. The van der Waals surface area contributed by atoms with Gasteiger partial charge in [-0.15, -0.1) is 0 Å². The van der Waals surface area contributed by atoms with Crippen molar-refractivity contribution in [2.24, 2.45) is 5.50 Å². The Labute approximate surface area is 52.4 Å². The van der Waals surface area contributed by atoms with Crippen LogP contribution < -0.4 is 5.50 Å². The summed E-state index contributed by atoms with van der Waals surface area (Å²) in [4.78, 5) is 18.4. The maximum atomic E-state index is 10.2. The molecule has 0 aromatic carbocycles. The van der Waals surface area contributed by atoms with Crippen LogP contribution in [-0.2, 0) is 13.9 Å². The second-order valence-corrected chi connectivity index (χ2v) is 2.69. The quantitative estimate of drug-likeness (QED) is 0.545. The smallest absolute Gasteiger partial charge is 0.380 e. The molecule has 0 aliphatic carbocycles. The molecule has 0 radical (unpaired) electrons. The second-order valence-electron chi connectivity index (χ2n) is 1.38. The summed E-state index contributed by atoms with van der Waals surface area (Å²) in [7, 11) is -4.09. The number of nitrogens with two attached hydrogens (primary N) is 1. The van der Waals surface area contributed by atoms with Gasteiger partial charge in [0.05, 0.1) is 0 Å². The van der Waals surface area contributed by atoms with Crippen LogP contribution in [0.4, 0.5) is 0 Å². The van der Waals surface area contributed by atoms with Crippen molar-refractivity contribution >= 4 is 13.7 Å². The molecule has 0 aromatic rings. The van der Waals surface area contributed by atoms with Gasteiger partial charge in [-0.05, 0) is 0 Å². The summed E-state index contributed by atoms with van der Waals surface area (Å²) in [5, 5.41) is 0. The highest BCUT2D eigenvalue weighted by atomic mass is 31.2. The molecule has 0 rings (SSSR count). The molecule has 0 saturated heterocycles. The van der Waals surface area contributed by atoms with Gasteiger partial charge in [0.2, 0.25) is 0 Å². The Balaban J connectivity index is 3.75. The van der Waals surface area contributed by atoms with Crippen LogP contribution in [0, 0.1) is 0 Å². The van der Waals surface area contributed by atoms with Crippen LogP contribution >= 0.6 is 7.75 Å². The van der Waals surface area contributed by atoms with E-state index in [0.717, 1.165) is 0 Å². The summed E-state index contributed by atoms with van der Waals surface area (Å²) < 4.78 is 13.9. The first-order chi connectivity index (χ1) is 3.95. The van der Waals surface area contributed by atoms with E-state index in [1.807, 2.05) is 0 Å². The molecule has 0 heterocycles. The van der Waals surface area contributed by atoms with Gasteiger partial charge in [-0.1, -0.05) is 6.92 Å². The summed E-state index contributed by atoms with van der Waals surface area (Å²) >= 11 is 0. The van der Waals surface area contributed by atoms with Crippen LogP contribution in [0.15, 0.2) is 0 Å². The lowest BCUT2D eigenvalue weighted by Gasteiger charge is -2.02. The molecule has 0 aromatic heterocycles. The predicted octanol–water partition coefficient (Wildman–Crippen LogP) is -0.00130. The highest BCUT2D eigenvalue weighted by Crippen LogP contribution is 2.31. The summed E-state index contributed by atoms with van der Waals surface area (Å²) in [6, 6.07) is 0. The number of carbonyl (C=O) groups is 1. The molecule has 0 aliphatic rings. The molecule has 0 fully saturated rings. The fraction of sp³-hybridized carbons (Fsp3) is 0.667. The van der Waals surface area contributed by atoms with E-state index in [2.05, 4.69) is 10.0 Å². The van der Waals surface area contributed by atoms with Gasteiger partial charge >= 0.3 is 13.7 Å². The SMILES string of the molecule is CCC(=O)OP(N)(=O)O. The Morgan fingerprint density at radius 3 is 2.44 bits per heavy atom. The molecule has 0 aliphatic heterocycles. The molecular weight excluding hydrogens is 145 g/mol. The van der Waals surface area contributed by atoms with E-state index in [9.17, 15) is 9.36 Å². The topological polar surface area (TPSA) is 89.6 Å². The van der Waals surface area contributed by atoms with Gasteiger partial charge in [0.1, 0.15) is 0 Å². The van der Waals surface area contributed by atoms with E-state index in [-0.39, 0.29) is 6.42 Å². The van der Waals surface area contributed by atoms with E-state index >= 15 is 0 Å². The number of hydrogen-bond donors (Lipinski definition) is 2. The first-order valence-electron chi connectivity index (χ1n) is 2.29. The fourth-order valence-corrected chi connectivity index (χ4v) is 0.631. The van der Waals surface area contributed by atoms with E-state index < -0.39 is 13.7 Å². The van der Waals surface area contributed by atoms with E-state index in [0.29, 0.717) is 0 Å². The molecule has 0 saturated carbocycles. The fourth-order valence-electron chi connectivity index (χ4n) is 0.210. The minimum absolute atomic E-state index is 0.0434. The van der Waals surface area contributed by atoms with Crippen molar-refractivity contribution in [3.05, 3.63) is 0 Å². The summed E-state index contributed by atoms with van der Waals surface area (Å²) in [5.74, 6) is -0.775. The van der Waals surface area contributed by atoms with E-state index in [1.54, 1.807) is 0 Å². The first-order valence-corrected chi connectivity index (χ1v) is 3.94. The summed E-state index contributed by atoms with van der Waals surface area (Å²) in [6.07, 6.45) is 0.0434. The maximum absolute atomic E-state index is 10.2.